The minimum absolute atomic E-state index is 0.231. The summed E-state index contributed by atoms with van der Waals surface area (Å²) in [5.74, 6) is 1.10. The fraction of sp³-hybridized carbons (Fsp3) is 0.500. The van der Waals surface area contributed by atoms with E-state index in [4.69, 9.17) is 16.0 Å². The molecule has 0 saturated carbocycles. The topological polar surface area (TPSA) is 38.9 Å². The van der Waals surface area contributed by atoms with Gasteiger partial charge in [0.25, 0.3) is 5.89 Å². The zero-order valence-corrected chi connectivity index (χ0v) is 11.1. The summed E-state index contributed by atoms with van der Waals surface area (Å²) in [7, 11) is 0. The van der Waals surface area contributed by atoms with Gasteiger partial charge in [-0.05, 0) is 44.2 Å². The van der Waals surface area contributed by atoms with Gasteiger partial charge in [0.05, 0.1) is 4.88 Å². The number of aryl methyl sites for hydroxylation is 2. The maximum atomic E-state index is 5.91. The first kappa shape index (κ1) is 11.2. The lowest BCUT2D eigenvalue weighted by molar-refractivity contribution is 0.508. The van der Waals surface area contributed by atoms with Gasteiger partial charge in [0, 0.05) is 4.88 Å². The molecule has 0 aliphatic heterocycles. The van der Waals surface area contributed by atoms with Crippen LogP contribution in [0.25, 0.3) is 10.8 Å². The van der Waals surface area contributed by atoms with Gasteiger partial charge in [-0.1, -0.05) is 0 Å². The molecule has 2 heterocycles. The summed E-state index contributed by atoms with van der Waals surface area (Å²) in [6, 6.07) is 2.19. The summed E-state index contributed by atoms with van der Waals surface area (Å²) in [4.78, 5) is 2.55. The Hall–Kier alpha value is -0.870. The molecule has 1 atom stereocenters. The quantitative estimate of drug-likeness (QED) is 0.774. The molecular formula is C12H13ClN2OS. The highest BCUT2D eigenvalue weighted by molar-refractivity contribution is 7.15. The molecule has 3 nitrogen and oxygen atoms in total. The van der Waals surface area contributed by atoms with E-state index < -0.39 is 0 Å². The van der Waals surface area contributed by atoms with Crippen molar-refractivity contribution in [2.75, 3.05) is 0 Å². The molecule has 1 aliphatic rings. The van der Waals surface area contributed by atoms with Crippen LogP contribution in [-0.2, 0) is 12.8 Å². The fourth-order valence-electron chi connectivity index (χ4n) is 2.09. The van der Waals surface area contributed by atoms with E-state index in [9.17, 15) is 0 Å². The van der Waals surface area contributed by atoms with Crippen LogP contribution in [0.1, 0.15) is 41.5 Å². The highest BCUT2D eigenvalue weighted by Crippen LogP contribution is 2.35. The van der Waals surface area contributed by atoms with E-state index in [0.717, 1.165) is 4.88 Å². The zero-order chi connectivity index (χ0) is 11.8. The number of hydrogen-bond donors (Lipinski definition) is 0. The molecule has 0 spiro atoms. The average molecular weight is 269 g/mol. The Balaban J connectivity index is 1.94. The summed E-state index contributed by atoms with van der Waals surface area (Å²) in [5.41, 5.74) is 1.45. The highest BCUT2D eigenvalue weighted by Gasteiger charge is 2.18. The van der Waals surface area contributed by atoms with Crippen LogP contribution in [-0.4, -0.2) is 10.2 Å². The lowest BCUT2D eigenvalue weighted by Gasteiger charge is -2.08. The van der Waals surface area contributed by atoms with Crippen LogP contribution in [0.3, 0.4) is 0 Å². The number of thiophene rings is 1. The molecule has 1 unspecified atom stereocenters. The monoisotopic (exact) mass is 268 g/mol. The number of alkyl halides is 1. The van der Waals surface area contributed by atoms with Crippen LogP contribution in [0.5, 0.6) is 0 Å². The lowest BCUT2D eigenvalue weighted by atomic mass is 9.99. The molecule has 2 aromatic rings. The van der Waals surface area contributed by atoms with E-state index in [2.05, 4.69) is 16.3 Å². The third-order valence-electron chi connectivity index (χ3n) is 2.99. The van der Waals surface area contributed by atoms with Crippen molar-refractivity contribution < 1.29 is 4.42 Å². The minimum atomic E-state index is -0.231. The van der Waals surface area contributed by atoms with Crippen molar-refractivity contribution in [2.24, 2.45) is 0 Å². The van der Waals surface area contributed by atoms with Crippen molar-refractivity contribution in [3.8, 4) is 10.8 Å². The van der Waals surface area contributed by atoms with E-state index >= 15 is 0 Å². The van der Waals surface area contributed by atoms with E-state index in [-0.39, 0.29) is 5.38 Å². The molecule has 0 fully saturated rings. The Morgan fingerprint density at radius 1 is 1.35 bits per heavy atom. The van der Waals surface area contributed by atoms with Crippen molar-refractivity contribution in [1.82, 2.24) is 10.2 Å². The molecule has 0 amide bonds. The number of aromatic nitrogens is 2. The average Bonchev–Trinajstić information content (AvgIpc) is 2.95. The van der Waals surface area contributed by atoms with Crippen LogP contribution in [0.4, 0.5) is 0 Å². The van der Waals surface area contributed by atoms with Crippen molar-refractivity contribution in [2.45, 2.75) is 38.0 Å². The third-order valence-corrected chi connectivity index (χ3v) is 4.40. The van der Waals surface area contributed by atoms with Gasteiger partial charge in [0.1, 0.15) is 5.38 Å². The largest absolute Gasteiger partial charge is 0.418 e. The molecule has 0 radical (unpaired) electrons. The number of halogens is 1. The van der Waals surface area contributed by atoms with Crippen LogP contribution < -0.4 is 0 Å². The second-order valence-electron chi connectivity index (χ2n) is 4.33. The second kappa shape index (κ2) is 4.42. The summed E-state index contributed by atoms with van der Waals surface area (Å²) in [6.07, 6.45) is 4.95. The molecule has 1 aliphatic carbocycles. The first-order chi connectivity index (χ1) is 8.24. The standard InChI is InChI=1S/C12H13ClN2OS/c1-7(13)11-14-15-12(16-11)10-6-8-4-2-3-5-9(8)17-10/h6-7H,2-5H2,1H3. The number of hydrogen-bond acceptors (Lipinski definition) is 4. The maximum absolute atomic E-state index is 5.91. The second-order valence-corrected chi connectivity index (χ2v) is 6.12. The fourth-order valence-corrected chi connectivity index (χ4v) is 3.35. The number of fused-ring (bicyclic) bond motifs is 1. The Bertz CT molecular complexity index is 509. The minimum Gasteiger partial charge on any atom is -0.418 e. The highest BCUT2D eigenvalue weighted by atomic mass is 35.5. The van der Waals surface area contributed by atoms with Crippen molar-refractivity contribution in [3.05, 3.63) is 22.4 Å². The van der Waals surface area contributed by atoms with Crippen LogP contribution in [0.15, 0.2) is 10.5 Å². The molecule has 2 aromatic heterocycles. The maximum Gasteiger partial charge on any atom is 0.257 e. The summed E-state index contributed by atoms with van der Waals surface area (Å²) >= 11 is 7.69. The Morgan fingerprint density at radius 3 is 2.88 bits per heavy atom. The number of rotatable bonds is 2. The van der Waals surface area contributed by atoms with Crippen molar-refractivity contribution in [1.29, 1.82) is 0 Å². The summed E-state index contributed by atoms with van der Waals surface area (Å²) in [6.45, 7) is 1.83. The van der Waals surface area contributed by atoms with E-state index in [1.54, 1.807) is 11.3 Å². The van der Waals surface area contributed by atoms with Crippen molar-refractivity contribution in [3.63, 3.8) is 0 Å². The molecule has 0 aromatic carbocycles. The van der Waals surface area contributed by atoms with Gasteiger partial charge in [-0.25, -0.2) is 0 Å². The van der Waals surface area contributed by atoms with Gasteiger partial charge >= 0.3 is 0 Å². The SMILES string of the molecule is CC(Cl)c1nnc(-c2cc3c(s2)CCCC3)o1. The van der Waals surface area contributed by atoms with Gasteiger partial charge in [-0.2, -0.15) is 0 Å². The van der Waals surface area contributed by atoms with Crippen molar-refractivity contribution >= 4 is 22.9 Å². The predicted octanol–water partition coefficient (Wildman–Crippen LogP) is 3.98. The molecule has 5 heteroatoms. The van der Waals surface area contributed by atoms with Crippen LogP contribution in [0.2, 0.25) is 0 Å². The van der Waals surface area contributed by atoms with Gasteiger partial charge < -0.3 is 4.42 Å². The Morgan fingerprint density at radius 2 is 2.18 bits per heavy atom. The Labute approximate surface area is 109 Å². The number of nitrogens with zero attached hydrogens (tertiary/aromatic N) is 2. The Kier molecular flexibility index (Phi) is 2.92. The molecule has 0 saturated heterocycles. The van der Waals surface area contributed by atoms with Gasteiger partial charge in [0.15, 0.2) is 0 Å². The molecule has 3 rings (SSSR count). The summed E-state index contributed by atoms with van der Waals surface area (Å²) in [5, 5.41) is 7.79. The first-order valence-corrected chi connectivity index (χ1v) is 7.09. The lowest BCUT2D eigenvalue weighted by Crippen LogP contribution is -1.96. The summed E-state index contributed by atoms with van der Waals surface area (Å²) < 4.78 is 5.57. The zero-order valence-electron chi connectivity index (χ0n) is 9.57. The molecule has 0 bridgehead atoms. The van der Waals surface area contributed by atoms with Gasteiger partial charge in [-0.3, -0.25) is 0 Å². The normalized spacial score (nSPS) is 16.8. The first-order valence-electron chi connectivity index (χ1n) is 5.83. The van der Waals surface area contributed by atoms with Gasteiger partial charge in [0.2, 0.25) is 5.89 Å². The molecular weight excluding hydrogens is 256 g/mol. The van der Waals surface area contributed by atoms with Crippen LogP contribution in [0, 0.1) is 0 Å². The van der Waals surface area contributed by atoms with E-state index in [0.29, 0.717) is 11.8 Å². The molecule has 90 valence electrons. The van der Waals surface area contributed by atoms with Crippen LogP contribution >= 0.6 is 22.9 Å². The van der Waals surface area contributed by atoms with E-state index in [1.807, 2.05) is 6.92 Å². The smallest absolute Gasteiger partial charge is 0.257 e. The third kappa shape index (κ3) is 2.11. The molecule has 0 N–H and O–H groups in total. The molecule has 17 heavy (non-hydrogen) atoms. The predicted molar refractivity (Wildman–Crippen MR) is 68.5 cm³/mol. The van der Waals surface area contributed by atoms with E-state index in [1.165, 1.54) is 36.1 Å². The van der Waals surface area contributed by atoms with Gasteiger partial charge in [-0.15, -0.1) is 33.1 Å².